The number of benzene rings is 1. The van der Waals surface area contributed by atoms with Gasteiger partial charge in [-0.3, -0.25) is 4.79 Å². The van der Waals surface area contributed by atoms with E-state index < -0.39 is 0 Å². The second-order valence-electron chi connectivity index (χ2n) is 3.71. The third-order valence-corrected chi connectivity index (χ3v) is 2.75. The van der Waals surface area contributed by atoms with E-state index in [2.05, 4.69) is 21.2 Å². The average Bonchev–Trinajstić information content (AvgIpc) is 2.15. The normalized spacial score (nSPS) is 11.9. The van der Waals surface area contributed by atoms with Gasteiger partial charge in [0.2, 0.25) is 0 Å². The van der Waals surface area contributed by atoms with Crippen LogP contribution in [0.3, 0.4) is 0 Å². The van der Waals surface area contributed by atoms with E-state index in [9.17, 15) is 9.90 Å². The number of rotatable bonds is 4. The van der Waals surface area contributed by atoms with E-state index in [4.69, 9.17) is 18.0 Å². The Morgan fingerprint density at radius 2 is 2.29 bits per heavy atom. The maximum Gasteiger partial charge on any atom is 0.255 e. The fourth-order valence-electron chi connectivity index (χ4n) is 1.35. The lowest BCUT2D eigenvalue weighted by Gasteiger charge is -2.13. The van der Waals surface area contributed by atoms with E-state index in [1.807, 2.05) is 0 Å². The summed E-state index contributed by atoms with van der Waals surface area (Å²) in [4.78, 5) is 12.1. The predicted molar refractivity (Wildman–Crippen MR) is 74.1 cm³/mol. The number of halogens is 1. The van der Waals surface area contributed by atoms with Crippen LogP contribution >= 0.6 is 28.1 Å². The number of nitrogens with two attached hydrogens (primary N) is 1. The van der Waals surface area contributed by atoms with Gasteiger partial charge in [0.05, 0.1) is 10.6 Å². The fourth-order valence-corrected chi connectivity index (χ4v) is 1.95. The zero-order valence-corrected chi connectivity index (χ0v) is 11.6. The number of amides is 1. The molecule has 6 heteroatoms. The molecule has 1 aromatic carbocycles. The number of nitrogens with one attached hydrogen (secondary N) is 1. The summed E-state index contributed by atoms with van der Waals surface area (Å²) in [6, 6.07) is 4.53. The van der Waals surface area contributed by atoms with Crippen LogP contribution in [0.2, 0.25) is 0 Å². The van der Waals surface area contributed by atoms with Crippen molar-refractivity contribution >= 4 is 39.0 Å². The van der Waals surface area contributed by atoms with Gasteiger partial charge in [0.1, 0.15) is 5.75 Å². The van der Waals surface area contributed by atoms with E-state index in [0.717, 1.165) is 0 Å². The van der Waals surface area contributed by atoms with Crippen LogP contribution in [0.5, 0.6) is 5.75 Å². The van der Waals surface area contributed by atoms with E-state index in [-0.39, 0.29) is 23.3 Å². The number of phenolic OH excluding ortho intramolecular Hbond substituents is 1. The monoisotopic (exact) mass is 316 g/mol. The van der Waals surface area contributed by atoms with E-state index in [1.165, 1.54) is 6.07 Å². The summed E-state index contributed by atoms with van der Waals surface area (Å²) in [6.07, 6.45) is 0.429. The van der Waals surface area contributed by atoms with E-state index >= 15 is 0 Å². The standard InChI is InChI=1S/C11H13BrN2O2S/c1-6(4-10(13)17)14-11(16)8-3-2-7(12)5-9(8)15/h2-3,5-6,15H,4H2,1H3,(H2,13,17)(H,14,16). The zero-order valence-electron chi connectivity index (χ0n) is 9.24. The van der Waals surface area contributed by atoms with E-state index in [0.29, 0.717) is 15.9 Å². The molecule has 0 saturated heterocycles. The molecule has 4 nitrogen and oxygen atoms in total. The van der Waals surface area contributed by atoms with Crippen molar-refractivity contribution in [3.8, 4) is 5.75 Å². The lowest BCUT2D eigenvalue weighted by Crippen LogP contribution is -2.35. The van der Waals surface area contributed by atoms with Gasteiger partial charge in [-0.25, -0.2) is 0 Å². The van der Waals surface area contributed by atoms with Crippen molar-refractivity contribution in [2.45, 2.75) is 19.4 Å². The largest absolute Gasteiger partial charge is 0.507 e. The molecule has 1 amide bonds. The van der Waals surface area contributed by atoms with Crippen molar-refractivity contribution in [1.82, 2.24) is 5.32 Å². The van der Waals surface area contributed by atoms with Gasteiger partial charge in [0.25, 0.3) is 5.91 Å². The van der Waals surface area contributed by atoms with Crippen LogP contribution < -0.4 is 11.1 Å². The van der Waals surface area contributed by atoms with Crippen LogP contribution in [0.25, 0.3) is 0 Å². The highest BCUT2D eigenvalue weighted by Gasteiger charge is 2.14. The highest BCUT2D eigenvalue weighted by atomic mass is 79.9. The second kappa shape index (κ2) is 5.97. The number of thiocarbonyl (C=S) groups is 1. The number of hydrogen-bond donors (Lipinski definition) is 3. The molecule has 0 radical (unpaired) electrons. The van der Waals surface area contributed by atoms with Crippen molar-refractivity contribution in [3.05, 3.63) is 28.2 Å². The van der Waals surface area contributed by atoms with Gasteiger partial charge in [-0.05, 0) is 25.1 Å². The summed E-state index contributed by atoms with van der Waals surface area (Å²) in [7, 11) is 0. The first-order valence-corrected chi connectivity index (χ1v) is 6.18. The van der Waals surface area contributed by atoms with Crippen molar-refractivity contribution in [2.75, 3.05) is 0 Å². The Kier molecular flexibility index (Phi) is 4.89. The highest BCUT2D eigenvalue weighted by Crippen LogP contribution is 2.22. The Labute approximate surface area is 113 Å². The number of phenols is 1. The topological polar surface area (TPSA) is 75.3 Å². The number of hydrogen-bond acceptors (Lipinski definition) is 3. The molecule has 0 spiro atoms. The second-order valence-corrected chi connectivity index (χ2v) is 5.15. The van der Waals surface area contributed by atoms with Gasteiger partial charge in [-0.1, -0.05) is 28.1 Å². The summed E-state index contributed by atoms with van der Waals surface area (Å²) < 4.78 is 0.711. The molecule has 1 rings (SSSR count). The minimum Gasteiger partial charge on any atom is -0.507 e. The van der Waals surface area contributed by atoms with Crippen molar-refractivity contribution in [1.29, 1.82) is 0 Å². The minimum absolute atomic E-state index is 0.0700. The van der Waals surface area contributed by atoms with Gasteiger partial charge < -0.3 is 16.2 Å². The molecule has 0 aromatic heterocycles. The lowest BCUT2D eigenvalue weighted by atomic mass is 10.1. The molecule has 0 fully saturated rings. The molecule has 0 aliphatic rings. The predicted octanol–water partition coefficient (Wildman–Crippen LogP) is 1.95. The summed E-state index contributed by atoms with van der Waals surface area (Å²) in [5.41, 5.74) is 5.61. The molecule has 17 heavy (non-hydrogen) atoms. The quantitative estimate of drug-likeness (QED) is 0.742. The van der Waals surface area contributed by atoms with Crippen LogP contribution in [0, 0.1) is 0 Å². The average molecular weight is 317 g/mol. The molecule has 0 aliphatic carbocycles. The van der Waals surface area contributed by atoms with Crippen LogP contribution in [-0.4, -0.2) is 22.0 Å². The van der Waals surface area contributed by atoms with Crippen molar-refractivity contribution < 1.29 is 9.90 Å². The molecule has 0 heterocycles. The van der Waals surface area contributed by atoms with Crippen molar-refractivity contribution in [2.24, 2.45) is 5.73 Å². The Morgan fingerprint density at radius 3 is 2.82 bits per heavy atom. The third-order valence-electron chi connectivity index (χ3n) is 2.09. The Hall–Kier alpha value is -1.14. The van der Waals surface area contributed by atoms with Crippen LogP contribution in [0.4, 0.5) is 0 Å². The van der Waals surface area contributed by atoms with Gasteiger partial charge in [0.15, 0.2) is 0 Å². The first kappa shape index (κ1) is 13.9. The summed E-state index contributed by atoms with van der Waals surface area (Å²) in [5.74, 6) is -0.418. The molecular weight excluding hydrogens is 304 g/mol. The fraction of sp³-hybridized carbons (Fsp3) is 0.273. The minimum atomic E-state index is -0.348. The summed E-state index contributed by atoms with van der Waals surface area (Å²) >= 11 is 7.96. The molecule has 0 bridgehead atoms. The summed E-state index contributed by atoms with van der Waals surface area (Å²) in [6.45, 7) is 1.80. The lowest BCUT2D eigenvalue weighted by molar-refractivity contribution is 0.0938. The smallest absolute Gasteiger partial charge is 0.255 e. The van der Waals surface area contributed by atoms with Gasteiger partial charge in [-0.2, -0.15) is 0 Å². The molecule has 4 N–H and O–H groups in total. The first-order valence-electron chi connectivity index (χ1n) is 4.98. The maximum atomic E-state index is 11.8. The molecule has 0 saturated carbocycles. The molecular formula is C11H13BrN2O2S. The zero-order chi connectivity index (χ0) is 13.0. The van der Waals surface area contributed by atoms with Crippen LogP contribution in [0.1, 0.15) is 23.7 Å². The third kappa shape index (κ3) is 4.32. The Morgan fingerprint density at radius 1 is 1.65 bits per heavy atom. The Balaban J connectivity index is 2.73. The SMILES string of the molecule is CC(CC(N)=S)NC(=O)c1ccc(Br)cc1O. The first-order chi connectivity index (χ1) is 7.90. The number of aromatic hydroxyl groups is 1. The molecule has 0 aliphatic heterocycles. The van der Waals surface area contributed by atoms with Crippen LogP contribution in [-0.2, 0) is 0 Å². The van der Waals surface area contributed by atoms with Gasteiger partial charge >= 0.3 is 0 Å². The molecule has 92 valence electrons. The van der Waals surface area contributed by atoms with Crippen LogP contribution in [0.15, 0.2) is 22.7 Å². The van der Waals surface area contributed by atoms with Crippen molar-refractivity contribution in [3.63, 3.8) is 0 Å². The molecule has 1 atom stereocenters. The Bertz CT molecular complexity index is 451. The summed E-state index contributed by atoms with van der Waals surface area (Å²) in [5, 5.41) is 12.3. The molecule has 1 unspecified atom stereocenters. The van der Waals surface area contributed by atoms with Gasteiger partial charge in [-0.15, -0.1) is 0 Å². The highest BCUT2D eigenvalue weighted by molar-refractivity contribution is 9.10. The number of carbonyl (C=O) groups excluding carboxylic acids is 1. The molecule has 1 aromatic rings. The van der Waals surface area contributed by atoms with E-state index in [1.54, 1.807) is 19.1 Å². The van der Waals surface area contributed by atoms with Gasteiger partial charge in [0, 0.05) is 16.9 Å². The number of carbonyl (C=O) groups is 1. The maximum absolute atomic E-state index is 11.8.